The van der Waals surface area contributed by atoms with Crippen LogP contribution in [0.25, 0.3) is 11.0 Å². The molecule has 1 aliphatic heterocycles. The number of rotatable bonds is 4. The van der Waals surface area contributed by atoms with Crippen LogP contribution in [0.4, 0.5) is 0 Å². The van der Waals surface area contributed by atoms with E-state index in [0.717, 1.165) is 34.2 Å². The average molecular weight is 435 g/mol. The van der Waals surface area contributed by atoms with Gasteiger partial charge in [-0.2, -0.15) is 0 Å². The van der Waals surface area contributed by atoms with Crippen LogP contribution < -0.4 is 4.74 Å². The summed E-state index contributed by atoms with van der Waals surface area (Å²) in [7, 11) is 0. The fraction of sp³-hybridized carbons (Fsp3) is 0.263. The van der Waals surface area contributed by atoms with Crippen molar-refractivity contribution in [3.05, 3.63) is 57.8 Å². The van der Waals surface area contributed by atoms with E-state index < -0.39 is 0 Å². The number of ether oxygens (including phenoxy) is 1. The van der Waals surface area contributed by atoms with Gasteiger partial charge in [0.15, 0.2) is 6.61 Å². The fourth-order valence-electron chi connectivity index (χ4n) is 3.29. The molecule has 7 heteroatoms. The van der Waals surface area contributed by atoms with Gasteiger partial charge in [0.25, 0.3) is 5.91 Å². The van der Waals surface area contributed by atoms with Crippen LogP contribution in [-0.2, 0) is 4.79 Å². The third-order valence-corrected chi connectivity index (χ3v) is 5.33. The molecule has 5 nitrogen and oxygen atoms in total. The summed E-state index contributed by atoms with van der Waals surface area (Å²) in [4.78, 5) is 22.5. The summed E-state index contributed by atoms with van der Waals surface area (Å²) < 4.78 is 6.50. The Kier molecular flexibility index (Phi) is 4.87. The summed E-state index contributed by atoms with van der Waals surface area (Å²) in [5, 5.41) is 0.474. The smallest absolute Gasteiger partial charge is 0.261 e. The van der Waals surface area contributed by atoms with E-state index in [9.17, 15) is 4.79 Å². The Bertz CT molecular complexity index is 926. The van der Waals surface area contributed by atoms with E-state index in [1.54, 1.807) is 12.1 Å². The number of benzene rings is 2. The number of hydrogen-bond acceptors (Lipinski definition) is 3. The zero-order valence-electron chi connectivity index (χ0n) is 13.9. The van der Waals surface area contributed by atoms with Crippen LogP contribution in [0.2, 0.25) is 5.02 Å². The average Bonchev–Trinajstić information content (AvgIpc) is 3.27. The molecule has 1 aliphatic rings. The molecule has 0 radical (unpaired) electrons. The van der Waals surface area contributed by atoms with Crippen molar-refractivity contribution < 1.29 is 9.53 Å². The highest BCUT2D eigenvalue weighted by atomic mass is 79.9. The third-order valence-electron chi connectivity index (χ3n) is 4.54. The Balaban J connectivity index is 1.48. The Morgan fingerprint density at radius 1 is 1.35 bits per heavy atom. The highest BCUT2D eigenvalue weighted by molar-refractivity contribution is 9.10. The lowest BCUT2D eigenvalue weighted by atomic mass is 10.2. The van der Waals surface area contributed by atoms with E-state index >= 15 is 0 Å². The van der Waals surface area contributed by atoms with Gasteiger partial charge in [0.2, 0.25) is 0 Å². The van der Waals surface area contributed by atoms with Gasteiger partial charge in [-0.05, 0) is 43.2 Å². The first kappa shape index (κ1) is 17.4. The van der Waals surface area contributed by atoms with Crippen LogP contribution in [0, 0.1) is 0 Å². The zero-order chi connectivity index (χ0) is 18.1. The number of carbonyl (C=O) groups excluding carboxylic acids is 1. The lowest BCUT2D eigenvalue weighted by molar-refractivity contribution is -0.134. The van der Waals surface area contributed by atoms with Gasteiger partial charge >= 0.3 is 0 Å². The van der Waals surface area contributed by atoms with Gasteiger partial charge in [0.05, 0.1) is 22.1 Å². The van der Waals surface area contributed by atoms with E-state index in [2.05, 4.69) is 25.9 Å². The van der Waals surface area contributed by atoms with Gasteiger partial charge in [0.1, 0.15) is 11.6 Å². The molecule has 0 saturated carbocycles. The second kappa shape index (κ2) is 7.29. The SMILES string of the molecule is O=C(COc1ccc(Br)cc1Cl)N1CCCC1c1nc2ccccc2[nH]1. The number of nitrogens with zero attached hydrogens (tertiary/aromatic N) is 2. The topological polar surface area (TPSA) is 58.2 Å². The fourth-order valence-corrected chi connectivity index (χ4v) is 4.02. The highest BCUT2D eigenvalue weighted by Gasteiger charge is 2.32. The third kappa shape index (κ3) is 3.44. The summed E-state index contributed by atoms with van der Waals surface area (Å²) in [5.41, 5.74) is 1.90. The molecular weight excluding hydrogens is 418 g/mol. The van der Waals surface area contributed by atoms with Crippen LogP contribution in [0.1, 0.15) is 24.7 Å². The monoisotopic (exact) mass is 433 g/mol. The zero-order valence-corrected chi connectivity index (χ0v) is 16.3. The van der Waals surface area contributed by atoms with Crippen molar-refractivity contribution in [3.63, 3.8) is 0 Å². The molecule has 4 rings (SSSR count). The van der Waals surface area contributed by atoms with E-state index in [-0.39, 0.29) is 18.6 Å². The van der Waals surface area contributed by atoms with Crippen molar-refractivity contribution in [2.24, 2.45) is 0 Å². The van der Waals surface area contributed by atoms with E-state index in [1.807, 2.05) is 35.2 Å². The van der Waals surface area contributed by atoms with Crippen LogP contribution in [0.5, 0.6) is 5.75 Å². The minimum atomic E-state index is -0.0630. The first-order chi connectivity index (χ1) is 12.6. The van der Waals surface area contributed by atoms with Gasteiger partial charge in [-0.25, -0.2) is 4.98 Å². The molecule has 1 amide bonds. The van der Waals surface area contributed by atoms with Crippen molar-refractivity contribution in [2.45, 2.75) is 18.9 Å². The number of likely N-dealkylation sites (tertiary alicyclic amines) is 1. The number of carbonyl (C=O) groups is 1. The number of para-hydroxylation sites is 2. The maximum Gasteiger partial charge on any atom is 0.261 e. The number of aromatic amines is 1. The Hall–Kier alpha value is -2.05. The number of H-pyrrole nitrogens is 1. The molecule has 1 atom stereocenters. The molecule has 1 saturated heterocycles. The summed E-state index contributed by atoms with van der Waals surface area (Å²) in [6.45, 7) is 0.663. The lowest BCUT2D eigenvalue weighted by Crippen LogP contribution is -2.34. The standard InChI is InChI=1S/C19H17BrClN3O2/c20-12-7-8-17(13(21)10-12)26-11-18(25)24-9-3-6-16(24)19-22-14-4-1-2-5-15(14)23-19/h1-2,4-5,7-8,10,16H,3,6,9,11H2,(H,22,23). The Morgan fingerprint density at radius 2 is 2.19 bits per heavy atom. The number of nitrogens with one attached hydrogen (secondary N) is 1. The van der Waals surface area contributed by atoms with Crippen LogP contribution >= 0.6 is 27.5 Å². The van der Waals surface area contributed by atoms with Gasteiger partial charge in [0, 0.05) is 11.0 Å². The second-order valence-corrected chi connectivity index (χ2v) is 7.57. The molecular formula is C19H17BrClN3O2. The molecule has 3 aromatic rings. The molecule has 1 N–H and O–H groups in total. The van der Waals surface area contributed by atoms with Crippen molar-refractivity contribution in [1.29, 1.82) is 0 Å². The van der Waals surface area contributed by atoms with Gasteiger partial charge in [-0.15, -0.1) is 0 Å². The molecule has 26 heavy (non-hydrogen) atoms. The molecule has 0 aliphatic carbocycles. The summed E-state index contributed by atoms with van der Waals surface area (Å²) >= 11 is 9.50. The van der Waals surface area contributed by atoms with Gasteiger partial charge in [-0.1, -0.05) is 39.7 Å². The molecule has 134 valence electrons. The summed E-state index contributed by atoms with van der Waals surface area (Å²) in [6.07, 6.45) is 1.84. The van der Waals surface area contributed by atoms with E-state index in [0.29, 0.717) is 17.3 Å². The molecule has 1 aromatic heterocycles. The van der Waals surface area contributed by atoms with Crippen molar-refractivity contribution in [2.75, 3.05) is 13.2 Å². The number of halogens is 2. The van der Waals surface area contributed by atoms with Gasteiger partial charge < -0.3 is 14.6 Å². The number of fused-ring (bicyclic) bond motifs is 1. The first-order valence-electron chi connectivity index (χ1n) is 8.44. The van der Waals surface area contributed by atoms with Crippen molar-refractivity contribution in [3.8, 4) is 5.75 Å². The predicted octanol–water partition coefficient (Wildman–Crippen LogP) is 4.72. The molecule has 2 heterocycles. The van der Waals surface area contributed by atoms with Crippen LogP contribution in [0.3, 0.4) is 0 Å². The second-order valence-electron chi connectivity index (χ2n) is 6.25. The quantitative estimate of drug-likeness (QED) is 0.646. The Morgan fingerprint density at radius 3 is 3.00 bits per heavy atom. The first-order valence-corrected chi connectivity index (χ1v) is 9.61. The molecule has 1 fully saturated rings. The number of aromatic nitrogens is 2. The van der Waals surface area contributed by atoms with Crippen LogP contribution in [-0.4, -0.2) is 33.9 Å². The Labute approximate surface area is 164 Å². The normalized spacial score (nSPS) is 17.0. The highest BCUT2D eigenvalue weighted by Crippen LogP contribution is 2.32. The number of hydrogen-bond donors (Lipinski definition) is 1. The maximum atomic E-state index is 12.7. The molecule has 1 unspecified atom stereocenters. The summed E-state index contributed by atoms with van der Waals surface area (Å²) in [6, 6.07) is 13.2. The van der Waals surface area contributed by atoms with Crippen molar-refractivity contribution >= 4 is 44.5 Å². The molecule has 2 aromatic carbocycles. The molecule has 0 spiro atoms. The van der Waals surface area contributed by atoms with Crippen LogP contribution in [0.15, 0.2) is 46.9 Å². The van der Waals surface area contributed by atoms with E-state index in [1.165, 1.54) is 0 Å². The van der Waals surface area contributed by atoms with Crippen molar-refractivity contribution in [1.82, 2.24) is 14.9 Å². The van der Waals surface area contributed by atoms with Gasteiger partial charge in [-0.3, -0.25) is 4.79 Å². The maximum absolute atomic E-state index is 12.7. The number of imidazole rings is 1. The number of amides is 1. The lowest BCUT2D eigenvalue weighted by Gasteiger charge is -2.23. The molecule has 0 bridgehead atoms. The summed E-state index contributed by atoms with van der Waals surface area (Å²) in [5.74, 6) is 1.27. The minimum absolute atomic E-state index is 0.0427. The minimum Gasteiger partial charge on any atom is -0.482 e. The van der Waals surface area contributed by atoms with E-state index in [4.69, 9.17) is 16.3 Å². The largest absolute Gasteiger partial charge is 0.482 e. The predicted molar refractivity (Wildman–Crippen MR) is 104 cm³/mol.